The molecule has 0 unspecified atom stereocenters. The summed E-state index contributed by atoms with van der Waals surface area (Å²) in [5, 5.41) is 24.2. The zero-order valence-corrected chi connectivity index (χ0v) is 54.4. The van der Waals surface area contributed by atoms with Gasteiger partial charge in [-0.05, 0) is 219 Å². The van der Waals surface area contributed by atoms with Crippen molar-refractivity contribution >= 4 is 88.2 Å². The lowest BCUT2D eigenvalue weighted by atomic mass is 9.81. The Morgan fingerprint density at radius 2 is 0.553 bits per heavy atom. The highest BCUT2D eigenvalue weighted by molar-refractivity contribution is 9.10. The third-order valence-corrected chi connectivity index (χ3v) is 20.4. The molecule has 2 aliphatic rings. The number of halogens is 1. The van der Waals surface area contributed by atoms with Gasteiger partial charge >= 0.3 is 7.69 Å². The molecule has 16 aromatic rings. The summed E-state index contributed by atoms with van der Waals surface area (Å²) in [7, 11) is 0.703. The van der Waals surface area contributed by atoms with Crippen molar-refractivity contribution in [1.82, 2.24) is 0 Å². The van der Waals surface area contributed by atoms with Crippen LogP contribution in [0.4, 0.5) is 0 Å². The maximum atomic E-state index is 8.88. The molecular formula is C90H65BBrO2. The van der Waals surface area contributed by atoms with Gasteiger partial charge in [-0.2, -0.15) is 0 Å². The fourth-order valence-corrected chi connectivity index (χ4v) is 15.7. The van der Waals surface area contributed by atoms with Crippen LogP contribution in [-0.4, -0.2) is 12.7 Å². The van der Waals surface area contributed by atoms with E-state index in [1.54, 1.807) is 0 Å². The lowest BCUT2D eigenvalue weighted by molar-refractivity contribution is 0.454. The zero-order valence-electron chi connectivity index (χ0n) is 52.8. The number of hydrogen-bond acceptors (Lipinski definition) is 2. The summed E-state index contributed by atoms with van der Waals surface area (Å²) in [6.45, 7) is 9.36. The molecule has 0 atom stereocenters. The average molecular weight is 1270 g/mol. The van der Waals surface area contributed by atoms with Crippen molar-refractivity contribution in [3.63, 3.8) is 0 Å². The van der Waals surface area contributed by atoms with Gasteiger partial charge in [0.1, 0.15) is 5.75 Å². The van der Waals surface area contributed by atoms with Crippen molar-refractivity contribution in [3.05, 3.63) is 342 Å². The minimum Gasteiger partial charge on any atom is -0.537 e. The summed E-state index contributed by atoms with van der Waals surface area (Å²) < 4.78 is 6.23. The molecule has 2 aliphatic carbocycles. The van der Waals surface area contributed by atoms with Gasteiger partial charge < -0.3 is 9.68 Å². The molecule has 2 nitrogen and oxygen atoms in total. The van der Waals surface area contributed by atoms with Gasteiger partial charge in [0.15, 0.2) is 0 Å². The van der Waals surface area contributed by atoms with Gasteiger partial charge in [0.25, 0.3) is 0 Å². The molecule has 0 saturated heterocycles. The normalized spacial score (nSPS) is 13.0. The van der Waals surface area contributed by atoms with Crippen LogP contribution < -0.4 is 4.65 Å². The van der Waals surface area contributed by atoms with Gasteiger partial charge in [-0.15, -0.1) is 0 Å². The summed E-state index contributed by atoms with van der Waals surface area (Å²) in [4.78, 5) is 0. The molecule has 447 valence electrons. The Morgan fingerprint density at radius 3 is 0.936 bits per heavy atom. The average Bonchev–Trinajstić information content (AvgIpc) is 1.77. The summed E-state index contributed by atoms with van der Waals surface area (Å²) in [5.41, 5.74) is 23.6. The Kier molecular flexibility index (Phi) is 14.8. The first-order valence-corrected chi connectivity index (χ1v) is 33.1. The largest absolute Gasteiger partial charge is 0.569 e. The molecule has 0 aliphatic heterocycles. The maximum Gasteiger partial charge on any atom is 0.569 e. The van der Waals surface area contributed by atoms with Gasteiger partial charge in [0.05, 0.1) is 0 Å². The van der Waals surface area contributed by atoms with E-state index in [0.29, 0.717) is 13.4 Å². The third kappa shape index (κ3) is 10.1. The predicted molar refractivity (Wildman–Crippen MR) is 403 cm³/mol. The van der Waals surface area contributed by atoms with E-state index in [1.807, 2.05) is 24.3 Å². The van der Waals surface area contributed by atoms with Crippen LogP contribution in [0.5, 0.6) is 5.75 Å². The van der Waals surface area contributed by atoms with E-state index in [9.17, 15) is 0 Å². The van der Waals surface area contributed by atoms with Crippen LogP contribution in [0.25, 0.3) is 143 Å². The molecule has 16 aromatic carbocycles. The molecule has 0 fully saturated rings. The highest BCUT2D eigenvalue weighted by Gasteiger charge is 2.37. The molecule has 1 radical (unpaired) electrons. The van der Waals surface area contributed by atoms with E-state index in [0.717, 1.165) is 10.0 Å². The van der Waals surface area contributed by atoms with Crippen LogP contribution in [0.15, 0.2) is 320 Å². The SMILES string of the molecule is CC1(C)c2ccc(-c3ccc(-c4c5ccccc5c(-c5ccccc5)c5ccccc45)cc3)cc2-c2cc3ccccc3cc21.CC1(C)c2ccc(Br)cc2-c2cc3ccccc3cc21.O[B]Oc1ccc(-c2c3ccccc3c(-c3ccccc3)c3ccccc23)cc1. The minimum absolute atomic E-state index is 0.0227. The van der Waals surface area contributed by atoms with E-state index in [1.165, 1.54) is 159 Å². The van der Waals surface area contributed by atoms with Crippen molar-refractivity contribution in [2.75, 3.05) is 0 Å². The molecule has 0 spiro atoms. The molecule has 94 heavy (non-hydrogen) atoms. The predicted octanol–water partition coefficient (Wildman–Crippen LogP) is 24.6. The molecular weight excluding hydrogens is 1200 g/mol. The minimum atomic E-state index is -0.0227. The van der Waals surface area contributed by atoms with Gasteiger partial charge in [-0.1, -0.05) is 304 Å². The second-order valence-electron chi connectivity index (χ2n) is 25.9. The second kappa shape index (κ2) is 23.8. The van der Waals surface area contributed by atoms with Crippen molar-refractivity contribution in [2.45, 2.75) is 38.5 Å². The molecule has 18 rings (SSSR count). The molecule has 0 amide bonds. The highest BCUT2D eigenvalue weighted by atomic mass is 79.9. The number of rotatable bonds is 7. The van der Waals surface area contributed by atoms with E-state index in [-0.39, 0.29) is 10.8 Å². The zero-order chi connectivity index (χ0) is 63.7. The maximum absolute atomic E-state index is 8.88. The molecule has 0 bridgehead atoms. The standard InChI is InChI=1S/C45H32.C26H18BO2.C19H15Br/c1-45(2)41-25-24-34(27-39(41)40-26-32-14-6-7-15-33(32)28-42(40)45)29-20-22-31(23-21-29)44-37-18-10-8-16-35(37)43(30-12-4-3-5-13-30)36-17-9-11-19-38(36)44;28-27-29-20-16-14-19(15-17-20)26-23-12-6-4-10-21(23)25(18-8-2-1-3-9-18)22-11-5-7-13-24(22)26;1-19(2)17-8-7-14(20)11-16(17)15-9-12-5-3-4-6-13(12)10-18(15)19/h3-28H,1-2H3;1-17,28H;3-11H,1-2H3. The Balaban J connectivity index is 0.000000122. The van der Waals surface area contributed by atoms with Gasteiger partial charge in [-0.25, -0.2) is 0 Å². The van der Waals surface area contributed by atoms with Crippen molar-refractivity contribution < 1.29 is 9.68 Å². The Labute approximate surface area is 558 Å². The van der Waals surface area contributed by atoms with Gasteiger partial charge in [0, 0.05) is 15.3 Å². The number of hydrogen-bond donors (Lipinski definition) is 1. The summed E-state index contributed by atoms with van der Waals surface area (Å²) >= 11 is 3.60. The lowest BCUT2D eigenvalue weighted by Crippen LogP contribution is -2.14. The Hall–Kier alpha value is -10.6. The summed E-state index contributed by atoms with van der Waals surface area (Å²) in [5.74, 6) is 0.603. The Bertz CT molecular complexity index is 5500. The van der Waals surface area contributed by atoms with Crippen molar-refractivity contribution in [1.29, 1.82) is 0 Å². The van der Waals surface area contributed by atoms with Crippen LogP contribution >= 0.6 is 15.9 Å². The van der Waals surface area contributed by atoms with Gasteiger partial charge in [0.2, 0.25) is 0 Å². The first-order valence-electron chi connectivity index (χ1n) is 32.4. The first-order chi connectivity index (χ1) is 46.0. The number of benzene rings is 16. The second-order valence-corrected chi connectivity index (χ2v) is 26.8. The number of fused-ring (bicyclic) bond motifs is 12. The van der Waals surface area contributed by atoms with Crippen molar-refractivity contribution in [2.24, 2.45) is 0 Å². The Morgan fingerprint density at radius 1 is 0.266 bits per heavy atom. The fourth-order valence-electron chi connectivity index (χ4n) is 15.3. The summed E-state index contributed by atoms with van der Waals surface area (Å²) in [6, 6.07) is 114. The third-order valence-electron chi connectivity index (χ3n) is 19.9. The molecule has 1 N–H and O–H groups in total. The quantitative estimate of drug-likeness (QED) is 0.127. The van der Waals surface area contributed by atoms with E-state index in [2.05, 4.69) is 335 Å². The van der Waals surface area contributed by atoms with Crippen LogP contribution in [0.1, 0.15) is 49.9 Å². The van der Waals surface area contributed by atoms with E-state index in [4.69, 9.17) is 9.68 Å². The first kappa shape index (κ1) is 58.5. The monoisotopic (exact) mass is 1270 g/mol. The van der Waals surface area contributed by atoms with Crippen LogP contribution in [0.2, 0.25) is 0 Å². The fraction of sp³-hybridized carbons (Fsp3) is 0.0667. The topological polar surface area (TPSA) is 29.5 Å². The lowest BCUT2D eigenvalue weighted by Gasteiger charge is -2.22. The summed E-state index contributed by atoms with van der Waals surface area (Å²) in [6.07, 6.45) is 0. The van der Waals surface area contributed by atoms with E-state index >= 15 is 0 Å². The molecule has 4 heteroatoms. The van der Waals surface area contributed by atoms with Crippen molar-refractivity contribution in [3.8, 4) is 83.6 Å². The van der Waals surface area contributed by atoms with Crippen LogP contribution in [0, 0.1) is 0 Å². The highest BCUT2D eigenvalue weighted by Crippen LogP contribution is 2.53. The molecule has 0 saturated carbocycles. The smallest absolute Gasteiger partial charge is 0.537 e. The van der Waals surface area contributed by atoms with Crippen LogP contribution in [-0.2, 0) is 10.8 Å². The van der Waals surface area contributed by atoms with E-state index < -0.39 is 0 Å². The van der Waals surface area contributed by atoms with Crippen LogP contribution in [0.3, 0.4) is 0 Å². The van der Waals surface area contributed by atoms with Gasteiger partial charge in [-0.3, -0.25) is 0 Å². The molecule has 0 aromatic heterocycles. The molecule has 0 heterocycles.